The van der Waals surface area contributed by atoms with Crippen LogP contribution >= 0.6 is 0 Å². The molecular formula is C34H31F3N2O5. The minimum atomic E-state index is -1.37. The summed E-state index contributed by atoms with van der Waals surface area (Å²) >= 11 is 0. The van der Waals surface area contributed by atoms with Gasteiger partial charge in [0.2, 0.25) is 5.91 Å². The Balaban J connectivity index is 1.62. The third kappa shape index (κ3) is 6.34. The number of ether oxygens (including phenoxy) is 2. The van der Waals surface area contributed by atoms with Gasteiger partial charge in [-0.2, -0.15) is 0 Å². The first-order valence-electron chi connectivity index (χ1n) is 14.0. The zero-order valence-corrected chi connectivity index (χ0v) is 24.1. The van der Waals surface area contributed by atoms with Crippen molar-refractivity contribution in [1.29, 1.82) is 0 Å². The van der Waals surface area contributed by atoms with Gasteiger partial charge in [-0.25, -0.2) is 18.0 Å². The molecule has 5 rings (SSSR count). The average molecular weight is 605 g/mol. The molecular weight excluding hydrogens is 573 g/mol. The molecule has 1 N–H and O–H groups in total. The monoisotopic (exact) mass is 604 g/mol. The minimum Gasteiger partial charge on any atom is -0.497 e. The second-order valence-electron chi connectivity index (χ2n) is 10.6. The van der Waals surface area contributed by atoms with Crippen molar-refractivity contribution in [2.45, 2.75) is 31.0 Å². The van der Waals surface area contributed by atoms with Gasteiger partial charge in [0.25, 0.3) is 0 Å². The highest BCUT2D eigenvalue weighted by atomic mass is 19.2. The number of methoxy groups -OCH3 is 2. The van der Waals surface area contributed by atoms with Crippen LogP contribution in [0.2, 0.25) is 0 Å². The van der Waals surface area contributed by atoms with E-state index in [0.717, 1.165) is 22.1 Å². The van der Waals surface area contributed by atoms with E-state index < -0.39 is 47.5 Å². The van der Waals surface area contributed by atoms with Crippen molar-refractivity contribution in [3.63, 3.8) is 0 Å². The Hall–Kier alpha value is -4.99. The van der Waals surface area contributed by atoms with E-state index in [2.05, 4.69) is 0 Å². The molecule has 1 aliphatic heterocycles. The molecule has 2 atom stereocenters. The molecule has 0 unspecified atom stereocenters. The lowest BCUT2D eigenvalue weighted by molar-refractivity contribution is -0.138. The van der Waals surface area contributed by atoms with Gasteiger partial charge in [-0.1, -0.05) is 54.6 Å². The Morgan fingerprint density at radius 2 is 1.41 bits per heavy atom. The number of hydrogen-bond acceptors (Lipinski definition) is 4. The molecule has 1 heterocycles. The minimum absolute atomic E-state index is 0.0690. The summed E-state index contributed by atoms with van der Waals surface area (Å²) in [6.45, 7) is -0.218. The van der Waals surface area contributed by atoms with Crippen molar-refractivity contribution in [3.05, 3.63) is 131 Å². The van der Waals surface area contributed by atoms with E-state index in [1.165, 1.54) is 0 Å². The Kier molecular flexibility index (Phi) is 9.08. The summed E-state index contributed by atoms with van der Waals surface area (Å²) in [7, 11) is 3.08. The molecule has 1 aliphatic rings. The molecule has 10 heteroatoms. The number of hydrogen-bond donors (Lipinski definition) is 1. The van der Waals surface area contributed by atoms with Crippen LogP contribution in [0.15, 0.2) is 91.0 Å². The SMILES string of the molecule is COc1ccc(C(c2ccc(OC)cc2)N2C[C@H](N(Cc3ccccc3)C(=O)O)[C@@H](c3cc(F)c(F)cc3F)CC2=O)cc1. The highest BCUT2D eigenvalue weighted by molar-refractivity contribution is 5.80. The van der Waals surface area contributed by atoms with Gasteiger partial charge in [-0.05, 0) is 52.6 Å². The Bertz CT molecular complexity index is 1570. The van der Waals surface area contributed by atoms with Gasteiger partial charge < -0.3 is 19.5 Å². The van der Waals surface area contributed by atoms with Crippen molar-refractivity contribution in [2.75, 3.05) is 20.8 Å². The van der Waals surface area contributed by atoms with Crippen LogP contribution < -0.4 is 9.47 Å². The zero-order chi connectivity index (χ0) is 31.4. The number of piperidine rings is 1. The van der Waals surface area contributed by atoms with Crippen LogP contribution in [-0.4, -0.2) is 53.7 Å². The van der Waals surface area contributed by atoms with Gasteiger partial charge in [0.15, 0.2) is 11.6 Å². The molecule has 1 fully saturated rings. The fraction of sp³-hybridized carbons (Fsp3) is 0.235. The van der Waals surface area contributed by atoms with Crippen LogP contribution in [0.3, 0.4) is 0 Å². The molecule has 0 saturated carbocycles. The van der Waals surface area contributed by atoms with E-state index in [-0.39, 0.29) is 25.1 Å². The summed E-state index contributed by atoms with van der Waals surface area (Å²) in [6.07, 6.45) is -1.64. The fourth-order valence-electron chi connectivity index (χ4n) is 5.81. The quantitative estimate of drug-likeness (QED) is 0.213. The van der Waals surface area contributed by atoms with Gasteiger partial charge >= 0.3 is 6.09 Å². The molecule has 7 nitrogen and oxygen atoms in total. The first kappa shape index (κ1) is 30.5. The van der Waals surface area contributed by atoms with E-state index in [1.54, 1.807) is 73.7 Å². The van der Waals surface area contributed by atoms with E-state index in [0.29, 0.717) is 23.1 Å². The second-order valence-corrected chi connectivity index (χ2v) is 10.6. The van der Waals surface area contributed by atoms with Gasteiger partial charge in [0.1, 0.15) is 17.3 Å². The van der Waals surface area contributed by atoms with Crippen molar-refractivity contribution < 1.29 is 37.3 Å². The lowest BCUT2D eigenvalue weighted by Gasteiger charge is -2.46. The molecule has 4 aromatic rings. The van der Waals surface area contributed by atoms with Gasteiger partial charge in [-0.15, -0.1) is 0 Å². The van der Waals surface area contributed by atoms with E-state index in [4.69, 9.17) is 9.47 Å². The maximum atomic E-state index is 15.2. The van der Waals surface area contributed by atoms with Crippen LogP contribution in [-0.2, 0) is 11.3 Å². The predicted molar refractivity (Wildman–Crippen MR) is 157 cm³/mol. The number of halogens is 3. The number of rotatable bonds is 9. The summed E-state index contributed by atoms with van der Waals surface area (Å²) < 4.78 is 54.2. The Morgan fingerprint density at radius 3 is 1.93 bits per heavy atom. The molecule has 2 amide bonds. The first-order chi connectivity index (χ1) is 21.2. The largest absolute Gasteiger partial charge is 0.497 e. The smallest absolute Gasteiger partial charge is 0.407 e. The number of carboxylic acid groups (broad SMARTS) is 1. The van der Waals surface area contributed by atoms with Gasteiger partial charge in [0, 0.05) is 31.5 Å². The molecule has 0 spiro atoms. The topological polar surface area (TPSA) is 79.3 Å². The molecule has 0 aromatic heterocycles. The molecule has 0 aliphatic carbocycles. The van der Waals surface area contributed by atoms with Gasteiger partial charge in [0.05, 0.1) is 26.3 Å². The number of likely N-dealkylation sites (tertiary alicyclic amines) is 1. The van der Waals surface area contributed by atoms with Crippen molar-refractivity contribution in [1.82, 2.24) is 9.80 Å². The maximum Gasteiger partial charge on any atom is 0.407 e. The highest BCUT2D eigenvalue weighted by Crippen LogP contribution is 2.40. The number of benzene rings is 4. The summed E-state index contributed by atoms with van der Waals surface area (Å²) in [4.78, 5) is 29.5. The summed E-state index contributed by atoms with van der Waals surface area (Å²) in [5.41, 5.74) is 1.87. The fourth-order valence-corrected chi connectivity index (χ4v) is 5.81. The van der Waals surface area contributed by atoms with E-state index >= 15 is 4.39 Å². The van der Waals surface area contributed by atoms with Crippen molar-refractivity contribution in [3.8, 4) is 11.5 Å². The van der Waals surface area contributed by atoms with E-state index in [9.17, 15) is 23.5 Å². The zero-order valence-electron chi connectivity index (χ0n) is 24.1. The summed E-state index contributed by atoms with van der Waals surface area (Å²) in [5.74, 6) is -3.97. The van der Waals surface area contributed by atoms with E-state index in [1.807, 2.05) is 24.3 Å². The highest BCUT2D eigenvalue weighted by Gasteiger charge is 2.44. The average Bonchev–Trinajstić information content (AvgIpc) is 3.03. The Morgan fingerprint density at radius 1 is 0.864 bits per heavy atom. The maximum absolute atomic E-state index is 15.2. The predicted octanol–water partition coefficient (Wildman–Crippen LogP) is 6.78. The molecule has 1 saturated heterocycles. The molecule has 44 heavy (non-hydrogen) atoms. The first-order valence-corrected chi connectivity index (χ1v) is 14.0. The van der Waals surface area contributed by atoms with Crippen molar-refractivity contribution >= 4 is 12.0 Å². The molecule has 228 valence electrons. The van der Waals surface area contributed by atoms with Crippen LogP contribution in [0.1, 0.15) is 40.6 Å². The lowest BCUT2D eigenvalue weighted by atomic mass is 9.81. The molecule has 0 radical (unpaired) electrons. The third-order valence-electron chi connectivity index (χ3n) is 8.02. The third-order valence-corrected chi connectivity index (χ3v) is 8.02. The number of carbonyl (C=O) groups is 2. The number of amides is 2. The van der Waals surface area contributed by atoms with Gasteiger partial charge in [-0.3, -0.25) is 9.69 Å². The number of nitrogens with zero attached hydrogens (tertiary/aromatic N) is 2. The second kappa shape index (κ2) is 13.1. The van der Waals surface area contributed by atoms with Crippen molar-refractivity contribution in [2.24, 2.45) is 0 Å². The molecule has 0 bridgehead atoms. The van der Waals surface area contributed by atoms with Crippen LogP contribution in [0, 0.1) is 17.5 Å². The number of carbonyl (C=O) groups excluding carboxylic acids is 1. The molecule has 4 aromatic carbocycles. The normalized spacial score (nSPS) is 16.6. The summed E-state index contributed by atoms with van der Waals surface area (Å²) in [5, 5.41) is 10.4. The van der Waals surface area contributed by atoms with Crippen LogP contribution in [0.25, 0.3) is 0 Å². The van der Waals surface area contributed by atoms with Crippen LogP contribution in [0.5, 0.6) is 11.5 Å². The summed E-state index contributed by atoms with van der Waals surface area (Å²) in [6, 6.07) is 22.6. The van der Waals surface area contributed by atoms with Crippen LogP contribution in [0.4, 0.5) is 18.0 Å². The Labute approximate surface area is 253 Å². The lowest BCUT2D eigenvalue weighted by Crippen LogP contribution is -2.56. The standard InChI is InChI=1S/C34H31F3N2O5/c1-43-24-12-8-22(9-13-24)33(23-10-14-25(44-2)15-11-23)39-20-31(38(34(41)42)19-21-6-4-3-5-7-21)27(17-32(39)40)26-16-29(36)30(37)18-28(26)35/h3-16,18,27,31,33H,17,19-20H2,1-2H3,(H,41,42)/t27-,31+/m1/s1.